The number of nitrogens with two attached hydrogens (primary N) is 1. The molecular weight excluding hydrogens is 280 g/mol. The van der Waals surface area contributed by atoms with Gasteiger partial charge in [-0.2, -0.15) is 0 Å². The van der Waals surface area contributed by atoms with E-state index >= 15 is 0 Å². The second kappa shape index (κ2) is 6.68. The van der Waals surface area contributed by atoms with Gasteiger partial charge in [-0.1, -0.05) is 42.6 Å². The summed E-state index contributed by atoms with van der Waals surface area (Å²) in [6.45, 7) is 3.29. The molecule has 2 nitrogen and oxygen atoms in total. The lowest BCUT2D eigenvalue weighted by Crippen LogP contribution is -2.44. The third kappa shape index (κ3) is 3.13. The molecule has 1 aromatic rings. The highest BCUT2D eigenvalue weighted by atomic mass is 35.5. The van der Waals surface area contributed by atoms with Crippen LogP contribution in [0.4, 0.5) is 0 Å². The maximum atomic E-state index is 6.47. The highest BCUT2D eigenvalue weighted by Crippen LogP contribution is 2.41. The summed E-state index contributed by atoms with van der Waals surface area (Å²) in [5, 5.41) is 0.858. The Bertz CT molecular complexity index is 468. The molecule has 21 heavy (non-hydrogen) atoms. The largest absolute Gasteiger partial charge is 0.326 e. The van der Waals surface area contributed by atoms with Gasteiger partial charge in [0.25, 0.3) is 0 Å². The lowest BCUT2D eigenvalue weighted by atomic mass is 9.92. The molecule has 0 radical (unpaired) electrons. The maximum absolute atomic E-state index is 6.47. The fraction of sp³-hybridized carbons (Fsp3) is 0.667. The van der Waals surface area contributed by atoms with Crippen LogP contribution in [0.15, 0.2) is 24.3 Å². The van der Waals surface area contributed by atoms with Crippen molar-refractivity contribution < 1.29 is 0 Å². The molecule has 3 unspecified atom stereocenters. The molecule has 1 saturated heterocycles. The van der Waals surface area contributed by atoms with Crippen LogP contribution in [0.25, 0.3) is 0 Å². The zero-order valence-corrected chi connectivity index (χ0v) is 13.7. The lowest BCUT2D eigenvalue weighted by Gasteiger charge is -2.38. The summed E-state index contributed by atoms with van der Waals surface area (Å²) >= 11 is 6.47. The van der Waals surface area contributed by atoms with Gasteiger partial charge in [-0.15, -0.1) is 0 Å². The molecule has 0 spiro atoms. The molecule has 2 fully saturated rings. The number of halogens is 1. The molecule has 0 amide bonds. The van der Waals surface area contributed by atoms with Crippen LogP contribution in [-0.2, 0) is 0 Å². The van der Waals surface area contributed by atoms with Crippen LogP contribution in [0.1, 0.15) is 57.1 Å². The Labute approximate surface area is 133 Å². The fourth-order valence-corrected chi connectivity index (χ4v) is 4.74. The number of hydrogen-bond acceptors (Lipinski definition) is 2. The van der Waals surface area contributed by atoms with Gasteiger partial charge in [0, 0.05) is 17.1 Å². The van der Waals surface area contributed by atoms with Crippen LogP contribution in [0, 0.1) is 5.92 Å². The fourth-order valence-electron chi connectivity index (χ4n) is 4.49. The molecule has 3 atom stereocenters. The zero-order valence-electron chi connectivity index (χ0n) is 13.0. The molecule has 3 heteroatoms. The van der Waals surface area contributed by atoms with Gasteiger partial charge < -0.3 is 5.73 Å². The van der Waals surface area contributed by atoms with E-state index in [0.717, 1.165) is 10.9 Å². The molecule has 3 rings (SSSR count). The molecule has 1 aliphatic heterocycles. The Balaban J connectivity index is 1.88. The predicted molar refractivity (Wildman–Crippen MR) is 89.5 cm³/mol. The van der Waals surface area contributed by atoms with Crippen LogP contribution in [0.3, 0.4) is 0 Å². The highest BCUT2D eigenvalue weighted by Gasteiger charge is 2.39. The van der Waals surface area contributed by atoms with E-state index in [1.807, 2.05) is 12.1 Å². The van der Waals surface area contributed by atoms with Crippen molar-refractivity contribution in [3.63, 3.8) is 0 Å². The Morgan fingerprint density at radius 1 is 1.14 bits per heavy atom. The maximum Gasteiger partial charge on any atom is 0.0514 e. The van der Waals surface area contributed by atoms with E-state index in [1.165, 1.54) is 50.6 Å². The van der Waals surface area contributed by atoms with Crippen molar-refractivity contribution in [1.82, 2.24) is 4.90 Å². The average Bonchev–Trinajstić information content (AvgIpc) is 3.11. The van der Waals surface area contributed by atoms with Crippen LogP contribution in [0.5, 0.6) is 0 Å². The minimum absolute atomic E-state index is 0.104. The first-order valence-corrected chi connectivity index (χ1v) is 8.82. The van der Waals surface area contributed by atoms with Crippen LogP contribution >= 0.6 is 11.6 Å². The van der Waals surface area contributed by atoms with E-state index in [2.05, 4.69) is 24.0 Å². The van der Waals surface area contributed by atoms with Crippen molar-refractivity contribution in [2.75, 3.05) is 6.54 Å². The van der Waals surface area contributed by atoms with Crippen LogP contribution in [-0.4, -0.2) is 23.5 Å². The molecule has 1 heterocycles. The number of hydrogen-bond donors (Lipinski definition) is 1. The van der Waals surface area contributed by atoms with Gasteiger partial charge in [-0.05, 0) is 56.7 Å². The van der Waals surface area contributed by atoms with Gasteiger partial charge >= 0.3 is 0 Å². The monoisotopic (exact) mass is 306 g/mol. The van der Waals surface area contributed by atoms with Gasteiger partial charge in [-0.3, -0.25) is 4.90 Å². The van der Waals surface area contributed by atoms with Crippen LogP contribution in [0.2, 0.25) is 5.02 Å². The van der Waals surface area contributed by atoms with Gasteiger partial charge in [0.15, 0.2) is 0 Å². The van der Waals surface area contributed by atoms with Crippen molar-refractivity contribution in [2.45, 2.75) is 63.6 Å². The van der Waals surface area contributed by atoms with E-state index in [-0.39, 0.29) is 12.1 Å². The zero-order chi connectivity index (χ0) is 14.8. The van der Waals surface area contributed by atoms with E-state index in [9.17, 15) is 0 Å². The van der Waals surface area contributed by atoms with Crippen LogP contribution < -0.4 is 5.73 Å². The first kappa shape index (κ1) is 15.3. The topological polar surface area (TPSA) is 29.3 Å². The molecule has 1 aromatic carbocycles. The summed E-state index contributed by atoms with van der Waals surface area (Å²) < 4.78 is 0. The molecule has 0 bridgehead atoms. The molecule has 2 N–H and O–H groups in total. The normalized spacial score (nSPS) is 27.1. The lowest BCUT2D eigenvalue weighted by molar-refractivity contribution is 0.120. The number of nitrogens with zero attached hydrogens (tertiary/aromatic N) is 1. The second-order valence-corrected chi connectivity index (χ2v) is 7.22. The number of benzene rings is 1. The molecular formula is C18H27ClN2. The third-order valence-electron chi connectivity index (χ3n) is 5.37. The van der Waals surface area contributed by atoms with E-state index in [1.54, 1.807) is 0 Å². The van der Waals surface area contributed by atoms with Gasteiger partial charge in [0.2, 0.25) is 0 Å². The highest BCUT2D eigenvalue weighted by molar-refractivity contribution is 6.31. The Morgan fingerprint density at radius 2 is 1.86 bits per heavy atom. The molecule has 0 aromatic heterocycles. The predicted octanol–water partition coefficient (Wildman–Crippen LogP) is 4.38. The van der Waals surface area contributed by atoms with Crippen molar-refractivity contribution in [3.8, 4) is 0 Å². The average molecular weight is 307 g/mol. The Kier molecular flexibility index (Phi) is 4.88. The molecule has 2 aliphatic rings. The first-order valence-electron chi connectivity index (χ1n) is 8.44. The number of rotatable bonds is 4. The van der Waals surface area contributed by atoms with E-state index in [4.69, 9.17) is 17.3 Å². The van der Waals surface area contributed by atoms with Crippen molar-refractivity contribution in [3.05, 3.63) is 34.9 Å². The summed E-state index contributed by atoms with van der Waals surface area (Å²) in [4.78, 5) is 2.67. The standard InChI is InChI=1S/C18H27ClN2/c1-13(20)18(15-9-4-5-10-16(15)19)21-12-6-11-17(21)14-7-2-3-8-14/h4-5,9-10,13-14,17-18H,2-3,6-8,11-12,20H2,1H3. The van der Waals surface area contributed by atoms with Gasteiger partial charge in [-0.25, -0.2) is 0 Å². The SMILES string of the molecule is CC(N)C(c1ccccc1Cl)N1CCCC1C1CCCC1. The Morgan fingerprint density at radius 3 is 2.52 bits per heavy atom. The summed E-state index contributed by atoms with van der Waals surface area (Å²) in [7, 11) is 0. The molecule has 1 aliphatic carbocycles. The minimum atomic E-state index is 0.104. The summed E-state index contributed by atoms with van der Waals surface area (Å²) in [6, 6.07) is 9.30. The van der Waals surface area contributed by atoms with Crippen molar-refractivity contribution in [1.29, 1.82) is 0 Å². The van der Waals surface area contributed by atoms with Crippen molar-refractivity contribution in [2.24, 2.45) is 11.7 Å². The summed E-state index contributed by atoms with van der Waals surface area (Å²) in [5.74, 6) is 0.872. The van der Waals surface area contributed by atoms with E-state index in [0.29, 0.717) is 6.04 Å². The quantitative estimate of drug-likeness (QED) is 0.894. The first-order chi connectivity index (χ1) is 10.2. The van der Waals surface area contributed by atoms with Gasteiger partial charge in [0.05, 0.1) is 6.04 Å². The smallest absolute Gasteiger partial charge is 0.0514 e. The number of likely N-dealkylation sites (tertiary alicyclic amines) is 1. The molecule has 1 saturated carbocycles. The third-order valence-corrected chi connectivity index (χ3v) is 5.71. The Hall–Kier alpha value is -0.570. The summed E-state index contributed by atoms with van der Waals surface area (Å²) in [5.41, 5.74) is 7.59. The van der Waals surface area contributed by atoms with E-state index < -0.39 is 0 Å². The second-order valence-electron chi connectivity index (χ2n) is 6.82. The van der Waals surface area contributed by atoms with Crippen molar-refractivity contribution >= 4 is 11.6 Å². The molecule has 116 valence electrons. The minimum Gasteiger partial charge on any atom is -0.326 e. The van der Waals surface area contributed by atoms with Gasteiger partial charge in [0.1, 0.15) is 0 Å². The summed E-state index contributed by atoms with van der Waals surface area (Å²) in [6.07, 6.45) is 8.24.